The van der Waals surface area contributed by atoms with Crippen LogP contribution in [0.3, 0.4) is 0 Å². The summed E-state index contributed by atoms with van der Waals surface area (Å²) in [5.41, 5.74) is 0.680. The van der Waals surface area contributed by atoms with Crippen LogP contribution in [0.25, 0.3) is 0 Å². The number of thiazole rings is 1. The molecule has 2 rings (SSSR count). The second-order valence-electron chi connectivity index (χ2n) is 5.85. The van der Waals surface area contributed by atoms with Crippen molar-refractivity contribution >= 4 is 47.2 Å². The van der Waals surface area contributed by atoms with Crippen LogP contribution in [0, 0.1) is 6.92 Å². The van der Waals surface area contributed by atoms with E-state index in [4.69, 9.17) is 9.47 Å². The van der Waals surface area contributed by atoms with Gasteiger partial charge in [-0.25, -0.2) is 14.8 Å². The van der Waals surface area contributed by atoms with Gasteiger partial charge in [0.15, 0.2) is 5.96 Å². The SMILES string of the molecule is CCNC(=NCCOc1cccnc1)NC(C)c1nc(C)c(C(=O)OCC)s1.I. The van der Waals surface area contributed by atoms with E-state index in [2.05, 4.69) is 25.6 Å². The lowest BCUT2D eigenvalue weighted by molar-refractivity contribution is 0.0531. The van der Waals surface area contributed by atoms with Crippen LogP contribution in [-0.2, 0) is 4.74 Å². The first-order valence-electron chi connectivity index (χ1n) is 9.27. The number of pyridine rings is 1. The number of hydrogen-bond donors (Lipinski definition) is 2. The quantitative estimate of drug-likeness (QED) is 0.168. The smallest absolute Gasteiger partial charge is 0.350 e. The zero-order chi connectivity index (χ0) is 20.4. The molecule has 2 aromatic heterocycles. The van der Waals surface area contributed by atoms with Crippen LogP contribution < -0.4 is 15.4 Å². The first-order chi connectivity index (χ1) is 13.5. The Morgan fingerprint density at radius 3 is 2.83 bits per heavy atom. The number of hydrogen-bond acceptors (Lipinski definition) is 7. The van der Waals surface area contributed by atoms with Crippen molar-refractivity contribution in [3.05, 3.63) is 40.1 Å². The van der Waals surface area contributed by atoms with Gasteiger partial charge in [-0.1, -0.05) is 0 Å². The number of aliphatic imine (C=N–C) groups is 1. The molecule has 29 heavy (non-hydrogen) atoms. The highest BCUT2D eigenvalue weighted by Crippen LogP contribution is 2.24. The van der Waals surface area contributed by atoms with E-state index in [0.717, 1.165) is 11.6 Å². The Kier molecular flexibility index (Phi) is 11.5. The van der Waals surface area contributed by atoms with Gasteiger partial charge in [0.1, 0.15) is 22.2 Å². The van der Waals surface area contributed by atoms with E-state index in [1.165, 1.54) is 11.3 Å². The molecule has 10 heteroatoms. The highest BCUT2D eigenvalue weighted by Gasteiger charge is 2.20. The van der Waals surface area contributed by atoms with Gasteiger partial charge >= 0.3 is 5.97 Å². The predicted molar refractivity (Wildman–Crippen MR) is 125 cm³/mol. The van der Waals surface area contributed by atoms with Crippen molar-refractivity contribution in [2.75, 3.05) is 26.3 Å². The number of ether oxygens (including phenoxy) is 2. The third-order valence-electron chi connectivity index (χ3n) is 3.61. The maximum absolute atomic E-state index is 12.0. The highest BCUT2D eigenvalue weighted by molar-refractivity contribution is 14.0. The van der Waals surface area contributed by atoms with E-state index in [-0.39, 0.29) is 36.0 Å². The number of aromatic nitrogens is 2. The highest BCUT2D eigenvalue weighted by atomic mass is 127. The maximum Gasteiger partial charge on any atom is 0.350 e. The summed E-state index contributed by atoms with van der Waals surface area (Å²) in [4.78, 5) is 25.6. The molecule has 8 nitrogen and oxygen atoms in total. The van der Waals surface area contributed by atoms with Crippen molar-refractivity contribution in [2.45, 2.75) is 33.7 Å². The summed E-state index contributed by atoms with van der Waals surface area (Å²) >= 11 is 1.34. The first-order valence-corrected chi connectivity index (χ1v) is 10.1. The molecule has 0 aliphatic rings. The summed E-state index contributed by atoms with van der Waals surface area (Å²) < 4.78 is 10.7. The molecule has 1 atom stereocenters. The minimum Gasteiger partial charge on any atom is -0.490 e. The van der Waals surface area contributed by atoms with Gasteiger partial charge in [0.25, 0.3) is 0 Å². The van der Waals surface area contributed by atoms with Crippen molar-refractivity contribution in [1.29, 1.82) is 0 Å². The summed E-state index contributed by atoms with van der Waals surface area (Å²) in [6.45, 7) is 9.59. The van der Waals surface area contributed by atoms with Gasteiger partial charge < -0.3 is 20.1 Å². The molecule has 2 N–H and O–H groups in total. The first kappa shape index (κ1) is 25.1. The number of halogens is 1. The zero-order valence-electron chi connectivity index (χ0n) is 17.1. The van der Waals surface area contributed by atoms with Crippen LogP contribution in [0.1, 0.15) is 47.2 Å². The normalized spacial score (nSPS) is 11.9. The van der Waals surface area contributed by atoms with Crippen molar-refractivity contribution in [3.8, 4) is 5.75 Å². The number of rotatable bonds is 9. The van der Waals surface area contributed by atoms with E-state index in [1.807, 2.05) is 32.9 Å². The van der Waals surface area contributed by atoms with E-state index in [9.17, 15) is 4.79 Å². The van der Waals surface area contributed by atoms with Crippen molar-refractivity contribution in [2.24, 2.45) is 4.99 Å². The average Bonchev–Trinajstić information content (AvgIpc) is 3.08. The van der Waals surface area contributed by atoms with Crippen LogP contribution in [-0.4, -0.2) is 48.2 Å². The van der Waals surface area contributed by atoms with Crippen molar-refractivity contribution < 1.29 is 14.3 Å². The minimum atomic E-state index is -0.330. The Hall–Kier alpha value is -1.95. The van der Waals surface area contributed by atoms with E-state index in [0.29, 0.717) is 42.0 Å². The lowest BCUT2D eigenvalue weighted by atomic mass is 10.3. The van der Waals surface area contributed by atoms with Crippen LogP contribution in [0.4, 0.5) is 0 Å². The molecule has 2 aromatic rings. The van der Waals surface area contributed by atoms with Gasteiger partial charge in [0.05, 0.1) is 31.1 Å². The molecule has 0 aromatic carbocycles. The summed E-state index contributed by atoms with van der Waals surface area (Å²) in [6.07, 6.45) is 3.37. The number of aryl methyl sites for hydroxylation is 1. The van der Waals surface area contributed by atoms with E-state index < -0.39 is 0 Å². The lowest BCUT2D eigenvalue weighted by Crippen LogP contribution is -2.39. The molecular formula is C19H28IN5O3S. The molecule has 0 fully saturated rings. The summed E-state index contributed by atoms with van der Waals surface area (Å²) in [7, 11) is 0. The molecular weight excluding hydrogens is 505 g/mol. The van der Waals surface area contributed by atoms with E-state index >= 15 is 0 Å². The van der Waals surface area contributed by atoms with Gasteiger partial charge in [0.2, 0.25) is 0 Å². The molecule has 2 heterocycles. The number of carbonyl (C=O) groups is 1. The second kappa shape index (κ2) is 13.3. The fourth-order valence-corrected chi connectivity index (χ4v) is 3.29. The van der Waals surface area contributed by atoms with Gasteiger partial charge in [-0.15, -0.1) is 35.3 Å². The third-order valence-corrected chi connectivity index (χ3v) is 4.93. The summed E-state index contributed by atoms with van der Waals surface area (Å²) in [5, 5.41) is 7.32. The number of nitrogens with zero attached hydrogens (tertiary/aromatic N) is 3. The molecule has 160 valence electrons. The molecule has 0 saturated carbocycles. The maximum atomic E-state index is 12.0. The number of guanidine groups is 1. The molecule has 0 saturated heterocycles. The van der Waals surface area contributed by atoms with Gasteiger partial charge in [-0.2, -0.15) is 0 Å². The standard InChI is InChI=1S/C19H27N5O3S.HI/c1-5-21-19(22-10-11-27-15-8-7-9-20-12-15)24-14(4)17-23-13(3)16(28-17)18(25)26-6-2;/h7-9,12,14H,5-6,10-11H2,1-4H3,(H2,21,22,24);1H. The number of carbonyl (C=O) groups excluding carboxylic acids is 1. The molecule has 0 bridgehead atoms. The molecule has 0 amide bonds. The molecule has 0 aliphatic heterocycles. The predicted octanol–water partition coefficient (Wildman–Crippen LogP) is 3.34. The third kappa shape index (κ3) is 8.13. The Labute approximate surface area is 192 Å². The molecule has 0 radical (unpaired) electrons. The molecule has 0 spiro atoms. The Balaban J connectivity index is 0.00000420. The van der Waals surface area contributed by atoms with Gasteiger partial charge in [-0.3, -0.25) is 4.98 Å². The molecule has 1 unspecified atom stereocenters. The Morgan fingerprint density at radius 1 is 1.38 bits per heavy atom. The van der Waals surface area contributed by atoms with Gasteiger partial charge in [0, 0.05) is 12.7 Å². The van der Waals surface area contributed by atoms with Crippen LogP contribution in [0.5, 0.6) is 5.75 Å². The Bertz CT molecular complexity index is 785. The largest absolute Gasteiger partial charge is 0.490 e. The monoisotopic (exact) mass is 533 g/mol. The fourth-order valence-electron chi connectivity index (χ4n) is 2.33. The van der Waals surface area contributed by atoms with Crippen molar-refractivity contribution in [3.63, 3.8) is 0 Å². The minimum absolute atomic E-state index is 0. The molecule has 0 aliphatic carbocycles. The van der Waals surface area contributed by atoms with Crippen molar-refractivity contribution in [1.82, 2.24) is 20.6 Å². The van der Waals surface area contributed by atoms with Crippen LogP contribution in [0.2, 0.25) is 0 Å². The number of esters is 1. The van der Waals surface area contributed by atoms with Crippen LogP contribution >= 0.6 is 35.3 Å². The lowest BCUT2D eigenvalue weighted by Gasteiger charge is -2.16. The summed E-state index contributed by atoms with van der Waals surface area (Å²) in [6, 6.07) is 3.57. The van der Waals surface area contributed by atoms with E-state index in [1.54, 1.807) is 19.3 Å². The average molecular weight is 533 g/mol. The number of nitrogens with one attached hydrogen (secondary N) is 2. The topological polar surface area (TPSA) is 97.7 Å². The fraction of sp³-hybridized carbons (Fsp3) is 0.474. The Morgan fingerprint density at radius 2 is 2.17 bits per heavy atom. The second-order valence-corrected chi connectivity index (χ2v) is 6.88. The summed E-state index contributed by atoms with van der Waals surface area (Å²) in [5.74, 6) is 1.05. The zero-order valence-corrected chi connectivity index (χ0v) is 20.2. The van der Waals surface area contributed by atoms with Crippen LogP contribution in [0.15, 0.2) is 29.5 Å². The van der Waals surface area contributed by atoms with Gasteiger partial charge in [-0.05, 0) is 39.8 Å².